The third-order valence-electron chi connectivity index (χ3n) is 5.70. The molecule has 1 saturated heterocycles. The van der Waals surface area contributed by atoms with E-state index in [0.717, 1.165) is 59.6 Å². The second-order valence-electron chi connectivity index (χ2n) is 7.51. The zero-order valence-corrected chi connectivity index (χ0v) is 16.6. The van der Waals surface area contributed by atoms with Gasteiger partial charge in [-0.25, -0.2) is 0 Å². The molecule has 5 rings (SSSR count). The van der Waals surface area contributed by atoms with Crippen molar-refractivity contribution in [2.24, 2.45) is 0 Å². The van der Waals surface area contributed by atoms with E-state index in [1.807, 2.05) is 18.2 Å². The number of H-pyrrole nitrogens is 1. The molecule has 0 radical (unpaired) electrons. The van der Waals surface area contributed by atoms with Gasteiger partial charge in [0.1, 0.15) is 6.07 Å². The number of anilines is 2. The van der Waals surface area contributed by atoms with Gasteiger partial charge in [0.05, 0.1) is 18.8 Å². The van der Waals surface area contributed by atoms with Crippen LogP contribution in [0.25, 0.3) is 33.3 Å². The van der Waals surface area contributed by atoms with Crippen LogP contribution in [0.3, 0.4) is 0 Å². The van der Waals surface area contributed by atoms with Crippen molar-refractivity contribution in [1.82, 2.24) is 4.98 Å². The molecule has 1 fully saturated rings. The van der Waals surface area contributed by atoms with Crippen molar-refractivity contribution >= 4 is 22.3 Å². The van der Waals surface area contributed by atoms with Crippen LogP contribution in [0.4, 0.5) is 11.4 Å². The first kappa shape index (κ1) is 18.3. The number of aromatic amines is 1. The summed E-state index contributed by atoms with van der Waals surface area (Å²) in [5.74, 6) is 0. The molecule has 0 saturated carbocycles. The molecule has 4 aromatic rings. The minimum Gasteiger partial charge on any atom is -0.398 e. The average molecular weight is 394 g/mol. The molecule has 0 atom stereocenters. The lowest BCUT2D eigenvalue weighted by atomic mass is 9.99. The molecular weight excluding hydrogens is 372 g/mol. The van der Waals surface area contributed by atoms with Crippen molar-refractivity contribution in [3.63, 3.8) is 0 Å². The highest BCUT2D eigenvalue weighted by Crippen LogP contribution is 2.34. The highest BCUT2D eigenvalue weighted by molar-refractivity contribution is 5.98. The highest BCUT2D eigenvalue weighted by Gasteiger charge is 2.13. The van der Waals surface area contributed by atoms with Gasteiger partial charge in [-0.1, -0.05) is 30.3 Å². The first-order valence-electron chi connectivity index (χ1n) is 10.1. The second kappa shape index (κ2) is 7.58. The Kier molecular flexibility index (Phi) is 4.62. The molecule has 5 nitrogen and oxygen atoms in total. The lowest BCUT2D eigenvalue weighted by Crippen LogP contribution is -2.36. The fourth-order valence-electron chi connectivity index (χ4n) is 4.06. The molecule has 3 N–H and O–H groups in total. The summed E-state index contributed by atoms with van der Waals surface area (Å²) >= 11 is 0. The topological polar surface area (TPSA) is 78.1 Å². The molecule has 5 heteroatoms. The Hall–Kier alpha value is -3.75. The number of hydrogen-bond donors (Lipinski definition) is 2. The number of rotatable bonds is 3. The van der Waals surface area contributed by atoms with Gasteiger partial charge in [0.25, 0.3) is 0 Å². The Morgan fingerprint density at radius 1 is 0.933 bits per heavy atom. The number of benzene rings is 3. The molecule has 0 bridgehead atoms. The van der Waals surface area contributed by atoms with Crippen molar-refractivity contribution < 1.29 is 4.74 Å². The molecule has 0 amide bonds. The summed E-state index contributed by atoms with van der Waals surface area (Å²) in [5.41, 5.74) is 13.5. The summed E-state index contributed by atoms with van der Waals surface area (Å²) in [7, 11) is 0. The van der Waals surface area contributed by atoms with E-state index in [0.29, 0.717) is 11.3 Å². The Labute approximate surface area is 175 Å². The van der Waals surface area contributed by atoms with E-state index in [9.17, 15) is 5.26 Å². The van der Waals surface area contributed by atoms with Gasteiger partial charge in [-0.3, -0.25) is 0 Å². The Morgan fingerprint density at radius 2 is 1.70 bits per heavy atom. The smallest absolute Gasteiger partial charge is 0.101 e. The number of nitrogens with zero attached hydrogens (tertiary/aromatic N) is 2. The van der Waals surface area contributed by atoms with E-state index in [4.69, 9.17) is 10.5 Å². The zero-order chi connectivity index (χ0) is 20.5. The molecule has 0 spiro atoms. The molecule has 148 valence electrons. The van der Waals surface area contributed by atoms with Crippen molar-refractivity contribution in [2.75, 3.05) is 36.9 Å². The number of ether oxygens (including phenoxy) is 1. The van der Waals surface area contributed by atoms with Crippen LogP contribution in [-0.4, -0.2) is 31.3 Å². The maximum absolute atomic E-state index is 9.33. The third kappa shape index (κ3) is 3.28. The molecule has 1 aliphatic heterocycles. The fraction of sp³-hybridized carbons (Fsp3) is 0.160. The summed E-state index contributed by atoms with van der Waals surface area (Å²) < 4.78 is 5.45. The quantitative estimate of drug-likeness (QED) is 0.490. The van der Waals surface area contributed by atoms with Gasteiger partial charge in [0, 0.05) is 41.1 Å². The number of nitrogen functional groups attached to an aromatic ring is 1. The number of morpholine rings is 1. The van der Waals surface area contributed by atoms with Gasteiger partial charge in [0.15, 0.2) is 0 Å². The van der Waals surface area contributed by atoms with Crippen LogP contribution in [0, 0.1) is 11.3 Å². The predicted octanol–water partition coefficient (Wildman–Crippen LogP) is 4.79. The van der Waals surface area contributed by atoms with Crippen molar-refractivity contribution in [3.8, 4) is 28.5 Å². The van der Waals surface area contributed by atoms with Gasteiger partial charge < -0.3 is 20.4 Å². The third-order valence-corrected chi connectivity index (χ3v) is 5.70. The van der Waals surface area contributed by atoms with E-state index in [2.05, 4.69) is 58.4 Å². The van der Waals surface area contributed by atoms with Crippen LogP contribution >= 0.6 is 0 Å². The Bertz CT molecular complexity index is 1240. The van der Waals surface area contributed by atoms with E-state index in [1.54, 1.807) is 6.07 Å². The minimum atomic E-state index is 0.499. The van der Waals surface area contributed by atoms with Crippen LogP contribution in [0.5, 0.6) is 0 Å². The molecule has 2 heterocycles. The predicted molar refractivity (Wildman–Crippen MR) is 121 cm³/mol. The van der Waals surface area contributed by atoms with E-state index >= 15 is 0 Å². The Morgan fingerprint density at radius 3 is 2.47 bits per heavy atom. The van der Waals surface area contributed by atoms with Gasteiger partial charge in [0.2, 0.25) is 0 Å². The maximum atomic E-state index is 9.33. The molecule has 0 aliphatic carbocycles. The van der Waals surface area contributed by atoms with Gasteiger partial charge in [-0.15, -0.1) is 0 Å². The number of nitriles is 1. The van der Waals surface area contributed by atoms with Crippen LogP contribution in [0.1, 0.15) is 5.56 Å². The number of fused-ring (bicyclic) bond motifs is 1. The highest BCUT2D eigenvalue weighted by atomic mass is 16.5. The summed E-state index contributed by atoms with van der Waals surface area (Å²) in [4.78, 5) is 5.89. The van der Waals surface area contributed by atoms with Crippen LogP contribution in [0.2, 0.25) is 0 Å². The minimum absolute atomic E-state index is 0.499. The maximum Gasteiger partial charge on any atom is 0.101 e. The molecular formula is C25H22N4O. The summed E-state index contributed by atoms with van der Waals surface area (Å²) in [6.07, 6.45) is 0. The second-order valence-corrected chi connectivity index (χ2v) is 7.51. The van der Waals surface area contributed by atoms with Gasteiger partial charge in [-0.05, 0) is 53.1 Å². The van der Waals surface area contributed by atoms with Gasteiger partial charge in [-0.2, -0.15) is 5.26 Å². The molecule has 0 unspecified atom stereocenters. The first-order valence-corrected chi connectivity index (χ1v) is 10.1. The number of nitrogens with one attached hydrogen (secondary N) is 1. The molecule has 1 aromatic heterocycles. The normalized spacial score (nSPS) is 14.0. The van der Waals surface area contributed by atoms with Crippen LogP contribution in [-0.2, 0) is 4.74 Å². The fourth-order valence-corrected chi connectivity index (χ4v) is 4.06. The summed E-state index contributed by atoms with van der Waals surface area (Å²) in [6.45, 7) is 3.43. The molecule has 30 heavy (non-hydrogen) atoms. The molecule has 3 aromatic carbocycles. The van der Waals surface area contributed by atoms with Crippen LogP contribution in [0.15, 0.2) is 66.7 Å². The monoisotopic (exact) mass is 394 g/mol. The summed E-state index contributed by atoms with van der Waals surface area (Å²) in [5, 5.41) is 10.4. The standard InChI is InChI=1S/C25H22N4O/c26-16-19-14-18(6-9-23(19)27)21-2-1-3-24-22(21)15-25(28-24)17-4-7-20(8-5-17)29-10-12-30-13-11-29/h1-9,14-15,28H,10-13,27H2. The number of aromatic nitrogens is 1. The lowest BCUT2D eigenvalue weighted by molar-refractivity contribution is 0.122. The van der Waals surface area contributed by atoms with Crippen molar-refractivity contribution in [1.29, 1.82) is 5.26 Å². The number of hydrogen-bond acceptors (Lipinski definition) is 4. The van der Waals surface area contributed by atoms with E-state index in [1.165, 1.54) is 5.69 Å². The lowest BCUT2D eigenvalue weighted by Gasteiger charge is -2.28. The van der Waals surface area contributed by atoms with Gasteiger partial charge >= 0.3 is 0 Å². The summed E-state index contributed by atoms with van der Waals surface area (Å²) in [6, 6.07) is 24.8. The Balaban J connectivity index is 1.51. The SMILES string of the molecule is N#Cc1cc(-c2cccc3[nH]c(-c4ccc(N5CCOCC5)cc4)cc23)ccc1N. The molecule has 1 aliphatic rings. The van der Waals surface area contributed by atoms with Crippen LogP contribution < -0.4 is 10.6 Å². The zero-order valence-electron chi connectivity index (χ0n) is 16.6. The van der Waals surface area contributed by atoms with Crippen molar-refractivity contribution in [2.45, 2.75) is 0 Å². The van der Waals surface area contributed by atoms with E-state index < -0.39 is 0 Å². The van der Waals surface area contributed by atoms with Crippen molar-refractivity contribution in [3.05, 3.63) is 72.3 Å². The number of nitrogens with two attached hydrogens (primary N) is 1. The van der Waals surface area contributed by atoms with E-state index in [-0.39, 0.29) is 0 Å². The largest absolute Gasteiger partial charge is 0.398 e. The average Bonchev–Trinajstić information content (AvgIpc) is 3.25. The first-order chi connectivity index (χ1) is 14.7.